The van der Waals surface area contributed by atoms with Crippen LogP contribution in [-0.4, -0.2) is 28.3 Å². The molecule has 0 radical (unpaired) electrons. The average molecular weight is 405 g/mol. The SMILES string of the molecule is Cc1ccc(-n2nc(C)c(NC(=O)COC(=O)c3ccc(C(C)C)cc3)c2C)cc1. The highest BCUT2D eigenvalue weighted by molar-refractivity contribution is 5.96. The molecule has 156 valence electrons. The van der Waals surface area contributed by atoms with E-state index in [0.29, 0.717) is 22.9 Å². The number of carbonyl (C=O) groups excluding carboxylic acids is 2. The van der Waals surface area contributed by atoms with Gasteiger partial charge in [-0.2, -0.15) is 5.10 Å². The van der Waals surface area contributed by atoms with Gasteiger partial charge in [0.2, 0.25) is 0 Å². The van der Waals surface area contributed by atoms with Crippen molar-refractivity contribution in [2.75, 3.05) is 11.9 Å². The van der Waals surface area contributed by atoms with Gasteiger partial charge in [-0.3, -0.25) is 4.79 Å². The number of ether oxygens (including phenoxy) is 1. The topological polar surface area (TPSA) is 73.2 Å². The van der Waals surface area contributed by atoms with E-state index in [1.807, 2.05) is 57.2 Å². The van der Waals surface area contributed by atoms with E-state index in [2.05, 4.69) is 24.3 Å². The van der Waals surface area contributed by atoms with Gasteiger partial charge < -0.3 is 10.1 Å². The van der Waals surface area contributed by atoms with Gasteiger partial charge in [0, 0.05) is 0 Å². The maximum Gasteiger partial charge on any atom is 0.338 e. The first-order chi connectivity index (χ1) is 14.3. The van der Waals surface area contributed by atoms with Crippen LogP contribution in [-0.2, 0) is 9.53 Å². The summed E-state index contributed by atoms with van der Waals surface area (Å²) in [5.74, 6) is -0.547. The summed E-state index contributed by atoms with van der Waals surface area (Å²) in [5, 5.41) is 7.33. The number of amides is 1. The summed E-state index contributed by atoms with van der Waals surface area (Å²) in [6, 6.07) is 15.2. The van der Waals surface area contributed by atoms with E-state index >= 15 is 0 Å². The van der Waals surface area contributed by atoms with E-state index in [4.69, 9.17) is 4.74 Å². The van der Waals surface area contributed by atoms with Crippen molar-refractivity contribution < 1.29 is 14.3 Å². The zero-order valence-corrected chi connectivity index (χ0v) is 18.0. The molecule has 3 aromatic rings. The van der Waals surface area contributed by atoms with Crippen LogP contribution < -0.4 is 5.32 Å². The molecule has 0 aliphatic heterocycles. The Morgan fingerprint density at radius 2 is 1.63 bits per heavy atom. The maximum absolute atomic E-state index is 12.4. The van der Waals surface area contributed by atoms with Gasteiger partial charge >= 0.3 is 5.97 Å². The molecule has 0 spiro atoms. The first-order valence-electron chi connectivity index (χ1n) is 9.96. The van der Waals surface area contributed by atoms with Crippen LogP contribution in [0.1, 0.15) is 52.6 Å². The fourth-order valence-corrected chi connectivity index (χ4v) is 3.15. The van der Waals surface area contributed by atoms with Crippen LogP contribution in [0, 0.1) is 20.8 Å². The molecule has 1 N–H and O–H groups in total. The Morgan fingerprint density at radius 3 is 2.23 bits per heavy atom. The molecule has 2 aromatic carbocycles. The van der Waals surface area contributed by atoms with Crippen LogP contribution in [0.15, 0.2) is 48.5 Å². The molecule has 1 heterocycles. The molecule has 0 bridgehead atoms. The van der Waals surface area contributed by atoms with Crippen LogP contribution in [0.4, 0.5) is 5.69 Å². The third kappa shape index (κ3) is 4.76. The number of nitrogens with zero attached hydrogens (tertiary/aromatic N) is 2. The van der Waals surface area contributed by atoms with Gasteiger partial charge in [0.05, 0.1) is 28.3 Å². The zero-order chi connectivity index (χ0) is 21.8. The fraction of sp³-hybridized carbons (Fsp3) is 0.292. The number of anilines is 1. The molecule has 1 amide bonds. The lowest BCUT2D eigenvalue weighted by molar-refractivity contribution is -0.119. The van der Waals surface area contributed by atoms with Gasteiger partial charge in [0.25, 0.3) is 5.91 Å². The van der Waals surface area contributed by atoms with Crippen molar-refractivity contribution in [1.82, 2.24) is 9.78 Å². The van der Waals surface area contributed by atoms with Gasteiger partial charge in [-0.25, -0.2) is 9.48 Å². The molecule has 0 unspecified atom stereocenters. The number of aromatic nitrogens is 2. The summed E-state index contributed by atoms with van der Waals surface area (Å²) >= 11 is 0. The molecule has 1 aromatic heterocycles. The summed E-state index contributed by atoms with van der Waals surface area (Å²) in [6.45, 7) is 9.55. The van der Waals surface area contributed by atoms with Crippen molar-refractivity contribution >= 4 is 17.6 Å². The number of carbonyl (C=O) groups is 2. The van der Waals surface area contributed by atoms with E-state index in [-0.39, 0.29) is 6.61 Å². The Kier molecular flexibility index (Phi) is 6.35. The van der Waals surface area contributed by atoms with E-state index in [1.165, 1.54) is 0 Å². The second-order valence-corrected chi connectivity index (χ2v) is 7.69. The summed E-state index contributed by atoms with van der Waals surface area (Å²) in [7, 11) is 0. The predicted octanol–water partition coefficient (Wildman–Crippen LogP) is 4.72. The number of hydrogen-bond acceptors (Lipinski definition) is 4. The van der Waals surface area contributed by atoms with Crippen molar-refractivity contribution in [3.05, 3.63) is 76.6 Å². The lowest BCUT2D eigenvalue weighted by atomic mass is 10.0. The Labute approximate surface area is 176 Å². The van der Waals surface area contributed by atoms with E-state index in [9.17, 15) is 9.59 Å². The quantitative estimate of drug-likeness (QED) is 0.603. The minimum Gasteiger partial charge on any atom is -0.452 e. The van der Waals surface area contributed by atoms with Crippen LogP contribution in [0.2, 0.25) is 0 Å². The second kappa shape index (κ2) is 8.95. The number of nitrogens with one attached hydrogen (secondary N) is 1. The van der Waals surface area contributed by atoms with Crippen LogP contribution in [0.25, 0.3) is 5.69 Å². The molecule has 3 rings (SSSR count). The lowest BCUT2D eigenvalue weighted by Crippen LogP contribution is -2.21. The fourth-order valence-electron chi connectivity index (χ4n) is 3.15. The molecular weight excluding hydrogens is 378 g/mol. The third-order valence-corrected chi connectivity index (χ3v) is 4.98. The van der Waals surface area contributed by atoms with E-state index < -0.39 is 11.9 Å². The summed E-state index contributed by atoms with van der Waals surface area (Å²) < 4.78 is 6.95. The van der Waals surface area contributed by atoms with Crippen LogP contribution >= 0.6 is 0 Å². The van der Waals surface area contributed by atoms with Gasteiger partial charge in [0.15, 0.2) is 6.61 Å². The van der Waals surface area contributed by atoms with Crippen molar-refractivity contribution in [1.29, 1.82) is 0 Å². The van der Waals surface area contributed by atoms with E-state index in [1.54, 1.807) is 16.8 Å². The van der Waals surface area contributed by atoms with Crippen molar-refractivity contribution in [2.24, 2.45) is 0 Å². The standard InChI is InChI=1S/C24H27N3O3/c1-15(2)19-8-10-20(11-9-19)24(29)30-14-22(28)25-23-17(4)26-27(18(23)5)21-12-6-16(3)7-13-21/h6-13,15H,14H2,1-5H3,(H,25,28). The number of benzene rings is 2. The first kappa shape index (κ1) is 21.3. The van der Waals surface area contributed by atoms with Gasteiger partial charge in [-0.05, 0) is 56.5 Å². The molecule has 0 aliphatic carbocycles. The third-order valence-electron chi connectivity index (χ3n) is 4.98. The van der Waals surface area contributed by atoms with Gasteiger partial charge in [-0.15, -0.1) is 0 Å². The highest BCUT2D eigenvalue weighted by Crippen LogP contribution is 2.23. The smallest absolute Gasteiger partial charge is 0.338 e. The summed E-state index contributed by atoms with van der Waals surface area (Å²) in [5.41, 5.74) is 5.76. The molecule has 30 heavy (non-hydrogen) atoms. The molecule has 6 nitrogen and oxygen atoms in total. The Bertz CT molecular complexity index is 1050. The Balaban J connectivity index is 1.63. The molecule has 0 saturated carbocycles. The first-order valence-corrected chi connectivity index (χ1v) is 9.96. The van der Waals surface area contributed by atoms with Crippen molar-refractivity contribution in [3.8, 4) is 5.69 Å². The Hall–Kier alpha value is -3.41. The highest BCUT2D eigenvalue weighted by Gasteiger charge is 2.17. The predicted molar refractivity (Wildman–Crippen MR) is 117 cm³/mol. The normalized spacial score (nSPS) is 10.9. The van der Waals surface area contributed by atoms with Gasteiger partial charge in [-0.1, -0.05) is 43.7 Å². The van der Waals surface area contributed by atoms with Gasteiger partial charge in [0.1, 0.15) is 0 Å². The number of aryl methyl sites for hydroxylation is 2. The minimum atomic E-state index is -0.524. The minimum absolute atomic E-state index is 0.362. The second-order valence-electron chi connectivity index (χ2n) is 7.69. The zero-order valence-electron chi connectivity index (χ0n) is 18.0. The number of rotatable bonds is 6. The average Bonchev–Trinajstić information content (AvgIpc) is 3.01. The summed E-state index contributed by atoms with van der Waals surface area (Å²) in [6.07, 6.45) is 0. The molecular formula is C24H27N3O3. The summed E-state index contributed by atoms with van der Waals surface area (Å²) in [4.78, 5) is 24.6. The molecule has 0 saturated heterocycles. The molecule has 0 atom stereocenters. The number of hydrogen-bond donors (Lipinski definition) is 1. The van der Waals surface area contributed by atoms with Crippen molar-refractivity contribution in [2.45, 2.75) is 40.5 Å². The highest BCUT2D eigenvalue weighted by atomic mass is 16.5. The van der Waals surface area contributed by atoms with E-state index in [0.717, 1.165) is 22.5 Å². The maximum atomic E-state index is 12.4. The van der Waals surface area contributed by atoms with Crippen LogP contribution in [0.5, 0.6) is 0 Å². The molecule has 0 aliphatic rings. The Morgan fingerprint density at radius 1 is 1.00 bits per heavy atom. The monoisotopic (exact) mass is 405 g/mol. The largest absolute Gasteiger partial charge is 0.452 e. The molecule has 0 fully saturated rings. The van der Waals surface area contributed by atoms with Crippen LogP contribution in [0.3, 0.4) is 0 Å². The van der Waals surface area contributed by atoms with Crippen molar-refractivity contribution in [3.63, 3.8) is 0 Å². The molecule has 6 heteroatoms. The number of esters is 1. The lowest BCUT2D eigenvalue weighted by Gasteiger charge is -2.09.